The molecular weight excluding hydrogens is 306 g/mol. The van der Waals surface area contributed by atoms with Gasteiger partial charge in [0, 0.05) is 17.7 Å². The van der Waals surface area contributed by atoms with E-state index in [0.29, 0.717) is 11.4 Å². The quantitative estimate of drug-likeness (QED) is 0.815. The Morgan fingerprint density at radius 2 is 2.10 bits per heavy atom. The zero-order chi connectivity index (χ0) is 15.6. The second-order valence-corrected chi connectivity index (χ2v) is 7.70. The van der Waals surface area contributed by atoms with Crippen LogP contribution >= 0.6 is 12.2 Å². The SMILES string of the molecule is CC(CS(C)(=O)=O)Nc1nc2ccccc2cc1C(N)=S. The second kappa shape index (κ2) is 5.95. The van der Waals surface area contributed by atoms with Crippen LogP contribution < -0.4 is 11.1 Å². The molecule has 0 saturated heterocycles. The lowest BCUT2D eigenvalue weighted by atomic mass is 10.1. The minimum Gasteiger partial charge on any atom is -0.389 e. The van der Waals surface area contributed by atoms with Crippen molar-refractivity contribution in [3.05, 3.63) is 35.9 Å². The summed E-state index contributed by atoms with van der Waals surface area (Å²) in [5.41, 5.74) is 7.15. The van der Waals surface area contributed by atoms with Gasteiger partial charge in [0.15, 0.2) is 0 Å². The number of hydrogen-bond donors (Lipinski definition) is 2. The number of anilines is 1. The smallest absolute Gasteiger partial charge is 0.149 e. The molecule has 112 valence electrons. The minimum absolute atomic E-state index is 0.0122. The molecule has 0 aliphatic rings. The topological polar surface area (TPSA) is 85.1 Å². The van der Waals surface area contributed by atoms with Crippen molar-refractivity contribution in [2.45, 2.75) is 13.0 Å². The van der Waals surface area contributed by atoms with Crippen LogP contribution in [0.25, 0.3) is 10.9 Å². The number of nitrogens with two attached hydrogens (primary N) is 1. The van der Waals surface area contributed by atoms with E-state index in [1.54, 1.807) is 6.92 Å². The summed E-state index contributed by atoms with van der Waals surface area (Å²) in [6.45, 7) is 1.78. The summed E-state index contributed by atoms with van der Waals surface area (Å²) in [6, 6.07) is 9.17. The molecule has 7 heteroatoms. The van der Waals surface area contributed by atoms with Gasteiger partial charge in [0.05, 0.1) is 16.8 Å². The van der Waals surface area contributed by atoms with Crippen molar-refractivity contribution in [1.82, 2.24) is 4.98 Å². The summed E-state index contributed by atoms with van der Waals surface area (Å²) < 4.78 is 22.7. The van der Waals surface area contributed by atoms with Gasteiger partial charge in [-0.05, 0) is 19.1 Å². The number of nitrogens with one attached hydrogen (secondary N) is 1. The molecule has 0 bridgehead atoms. The van der Waals surface area contributed by atoms with Crippen molar-refractivity contribution in [3.8, 4) is 0 Å². The van der Waals surface area contributed by atoms with Gasteiger partial charge in [0.1, 0.15) is 20.6 Å². The predicted molar refractivity (Wildman–Crippen MR) is 90.4 cm³/mol. The van der Waals surface area contributed by atoms with Gasteiger partial charge in [0.25, 0.3) is 0 Å². The Morgan fingerprint density at radius 3 is 2.71 bits per heavy atom. The van der Waals surface area contributed by atoms with Crippen molar-refractivity contribution in [1.29, 1.82) is 0 Å². The maximum absolute atomic E-state index is 11.4. The summed E-state index contributed by atoms with van der Waals surface area (Å²) in [5.74, 6) is 0.524. The molecule has 1 aromatic heterocycles. The number of thiocarbonyl (C=S) groups is 1. The highest BCUT2D eigenvalue weighted by Crippen LogP contribution is 2.21. The first-order valence-corrected chi connectivity index (χ1v) is 8.87. The van der Waals surface area contributed by atoms with Crippen molar-refractivity contribution in [3.63, 3.8) is 0 Å². The lowest BCUT2D eigenvalue weighted by Gasteiger charge is -2.17. The van der Waals surface area contributed by atoms with Crippen LogP contribution in [0.3, 0.4) is 0 Å². The fraction of sp³-hybridized carbons (Fsp3) is 0.286. The Balaban J connectivity index is 2.41. The van der Waals surface area contributed by atoms with Crippen LogP contribution in [0.1, 0.15) is 12.5 Å². The molecule has 0 amide bonds. The first-order valence-electron chi connectivity index (χ1n) is 6.40. The first kappa shape index (κ1) is 15.7. The number of rotatable bonds is 5. The Morgan fingerprint density at radius 1 is 1.43 bits per heavy atom. The number of hydrogen-bond acceptors (Lipinski definition) is 5. The molecule has 2 aromatic rings. The van der Waals surface area contributed by atoms with Crippen molar-refractivity contribution in [2.24, 2.45) is 5.73 Å². The van der Waals surface area contributed by atoms with Gasteiger partial charge in [-0.15, -0.1) is 0 Å². The molecule has 1 heterocycles. The summed E-state index contributed by atoms with van der Waals surface area (Å²) in [6.07, 6.45) is 1.20. The van der Waals surface area contributed by atoms with Crippen molar-refractivity contribution >= 4 is 43.8 Å². The number of pyridine rings is 1. The summed E-state index contributed by atoms with van der Waals surface area (Å²) in [4.78, 5) is 4.72. The van der Waals surface area contributed by atoms with Gasteiger partial charge in [-0.3, -0.25) is 0 Å². The summed E-state index contributed by atoms with van der Waals surface area (Å²) in [5, 5.41) is 4.01. The molecule has 1 aromatic carbocycles. The average Bonchev–Trinajstić information content (AvgIpc) is 2.35. The van der Waals surface area contributed by atoms with Gasteiger partial charge in [-0.25, -0.2) is 13.4 Å². The highest BCUT2D eigenvalue weighted by molar-refractivity contribution is 7.90. The van der Waals surface area contributed by atoms with Crippen molar-refractivity contribution in [2.75, 3.05) is 17.3 Å². The number of fused-ring (bicyclic) bond motifs is 1. The maximum atomic E-state index is 11.4. The first-order chi connectivity index (χ1) is 9.76. The van der Waals surface area contributed by atoms with E-state index in [2.05, 4.69) is 10.3 Å². The standard InChI is InChI=1S/C14H17N3O2S2/c1-9(8-21(2,18)19)16-14-11(13(15)20)7-10-5-3-4-6-12(10)17-14/h3-7,9H,8H2,1-2H3,(H2,15,20)(H,16,17). The summed E-state index contributed by atoms with van der Waals surface area (Å²) in [7, 11) is -3.07. The average molecular weight is 323 g/mol. The zero-order valence-corrected chi connectivity index (χ0v) is 13.5. The Kier molecular flexibility index (Phi) is 4.43. The normalized spacial score (nSPS) is 13.0. The van der Waals surface area contributed by atoms with Crippen LogP contribution in [0.5, 0.6) is 0 Å². The highest BCUT2D eigenvalue weighted by atomic mass is 32.2. The van der Waals surface area contributed by atoms with E-state index in [0.717, 1.165) is 10.9 Å². The van der Waals surface area contributed by atoms with Crippen LogP contribution in [0.4, 0.5) is 5.82 Å². The minimum atomic E-state index is -3.07. The predicted octanol–water partition coefficient (Wildman–Crippen LogP) is 1.71. The monoisotopic (exact) mass is 323 g/mol. The number of benzene rings is 1. The molecule has 0 radical (unpaired) electrons. The molecule has 1 unspecified atom stereocenters. The van der Waals surface area contributed by atoms with Gasteiger partial charge in [-0.1, -0.05) is 30.4 Å². The maximum Gasteiger partial charge on any atom is 0.149 e. The number of para-hydroxylation sites is 1. The van der Waals surface area contributed by atoms with E-state index in [-0.39, 0.29) is 16.8 Å². The fourth-order valence-corrected chi connectivity index (χ4v) is 3.29. The van der Waals surface area contributed by atoms with Crippen LogP contribution in [0.15, 0.2) is 30.3 Å². The molecule has 5 nitrogen and oxygen atoms in total. The molecule has 3 N–H and O–H groups in total. The number of aromatic nitrogens is 1. The third-order valence-corrected chi connectivity index (χ3v) is 4.25. The van der Waals surface area contributed by atoms with Gasteiger partial charge in [-0.2, -0.15) is 0 Å². The van der Waals surface area contributed by atoms with Crippen LogP contribution in [-0.2, 0) is 9.84 Å². The molecule has 2 rings (SSSR count). The molecule has 0 fully saturated rings. The second-order valence-electron chi connectivity index (χ2n) is 5.08. The van der Waals surface area contributed by atoms with Crippen LogP contribution in [0, 0.1) is 0 Å². The Bertz CT molecular complexity index is 788. The molecule has 1 atom stereocenters. The van der Waals surface area contributed by atoms with E-state index in [1.165, 1.54) is 6.26 Å². The molecule has 0 saturated carbocycles. The summed E-state index contributed by atoms with van der Waals surface area (Å²) >= 11 is 5.05. The van der Waals surface area contributed by atoms with Gasteiger partial charge >= 0.3 is 0 Å². The highest BCUT2D eigenvalue weighted by Gasteiger charge is 2.15. The van der Waals surface area contributed by atoms with E-state index in [9.17, 15) is 8.42 Å². The molecule has 0 aliphatic heterocycles. The third-order valence-electron chi connectivity index (χ3n) is 2.93. The third kappa shape index (κ3) is 4.12. The molecule has 0 aliphatic carbocycles. The van der Waals surface area contributed by atoms with E-state index in [1.807, 2.05) is 30.3 Å². The van der Waals surface area contributed by atoms with E-state index < -0.39 is 9.84 Å². The Hall–Kier alpha value is -1.73. The lowest BCUT2D eigenvalue weighted by molar-refractivity contribution is 0.598. The molecular formula is C14H17N3O2S2. The Labute approximate surface area is 129 Å². The largest absolute Gasteiger partial charge is 0.389 e. The van der Waals surface area contributed by atoms with Crippen LogP contribution in [-0.4, -0.2) is 36.4 Å². The van der Waals surface area contributed by atoms with Crippen molar-refractivity contribution < 1.29 is 8.42 Å². The molecule has 0 spiro atoms. The number of sulfone groups is 1. The fourth-order valence-electron chi connectivity index (χ4n) is 2.14. The number of nitrogens with zero attached hydrogens (tertiary/aromatic N) is 1. The van der Waals surface area contributed by atoms with E-state index >= 15 is 0 Å². The lowest BCUT2D eigenvalue weighted by Crippen LogP contribution is -2.27. The van der Waals surface area contributed by atoms with E-state index in [4.69, 9.17) is 18.0 Å². The molecule has 21 heavy (non-hydrogen) atoms. The zero-order valence-electron chi connectivity index (χ0n) is 11.8. The van der Waals surface area contributed by atoms with Gasteiger partial charge in [0.2, 0.25) is 0 Å². The van der Waals surface area contributed by atoms with Crippen LogP contribution in [0.2, 0.25) is 0 Å². The van der Waals surface area contributed by atoms with Gasteiger partial charge < -0.3 is 11.1 Å².